The first-order valence-corrected chi connectivity index (χ1v) is 31.1. The molecule has 0 aliphatic rings. The molecule has 0 aromatic rings. The number of phosphoric acid groups is 1. The number of unbranched alkanes of at least 4 members (excludes halogenated alkanes) is 33. The molecule has 3 atom stereocenters. The van der Waals surface area contributed by atoms with E-state index < -0.39 is 20.0 Å². The third-order valence-corrected chi connectivity index (χ3v) is 14.2. The second-order valence-corrected chi connectivity index (χ2v) is 22.7. The van der Waals surface area contributed by atoms with Crippen LogP contribution in [0.3, 0.4) is 0 Å². The molecule has 70 heavy (non-hydrogen) atoms. The molecule has 2 N–H and O–H groups in total. The molecule has 0 saturated heterocycles. The van der Waals surface area contributed by atoms with Crippen LogP contribution in [0.25, 0.3) is 0 Å². The van der Waals surface area contributed by atoms with Crippen LogP contribution in [-0.2, 0) is 18.4 Å². The average molecular weight is 1000 g/mol. The number of aliphatic hydroxyl groups is 1. The number of quaternary nitrogens is 1. The molecule has 3 unspecified atom stereocenters. The standard InChI is InChI=1S/C61H115N2O6P/c1-6-8-10-12-14-16-18-19-20-21-22-23-24-25-26-27-28-29-30-31-32-33-34-35-36-37-38-39-40-41-42-43-45-47-49-51-53-55-61(65)62-59(58-69-70(66,67)68-57-56-63(3,4)5)60(64)54-52-50-48-46-44-17-15-13-11-9-7-2/h8,10,14,16,19-20,22-23,52,54,59-60,64H,6-7,9,11-13,15,17-18,21,24-51,53,55-58H2,1-5H3,(H-,62,65,66,67)/b10-8-,16-14-,20-19-,23-22-,54-52+. The molecule has 0 heterocycles. The number of hydrogen-bond acceptors (Lipinski definition) is 6. The van der Waals surface area contributed by atoms with Gasteiger partial charge in [0.05, 0.1) is 39.9 Å². The number of phosphoric ester groups is 1. The maximum atomic E-state index is 12.9. The minimum atomic E-state index is -4.59. The van der Waals surface area contributed by atoms with Crippen LogP contribution in [0.5, 0.6) is 0 Å². The summed E-state index contributed by atoms with van der Waals surface area (Å²) in [5.41, 5.74) is 0. The van der Waals surface area contributed by atoms with Gasteiger partial charge in [0, 0.05) is 6.42 Å². The highest BCUT2D eigenvalue weighted by Crippen LogP contribution is 2.38. The van der Waals surface area contributed by atoms with Gasteiger partial charge in [-0.05, 0) is 57.8 Å². The fourth-order valence-electron chi connectivity index (χ4n) is 8.62. The Balaban J connectivity index is 3.88. The van der Waals surface area contributed by atoms with E-state index in [1.54, 1.807) is 6.08 Å². The van der Waals surface area contributed by atoms with Crippen molar-refractivity contribution < 1.29 is 32.9 Å². The predicted molar refractivity (Wildman–Crippen MR) is 302 cm³/mol. The van der Waals surface area contributed by atoms with Gasteiger partial charge in [-0.3, -0.25) is 9.36 Å². The molecule has 9 heteroatoms. The van der Waals surface area contributed by atoms with E-state index in [9.17, 15) is 19.4 Å². The Morgan fingerprint density at radius 3 is 1.27 bits per heavy atom. The van der Waals surface area contributed by atoms with Crippen molar-refractivity contribution in [2.24, 2.45) is 0 Å². The molecule has 0 fully saturated rings. The number of allylic oxidation sites excluding steroid dienone is 9. The van der Waals surface area contributed by atoms with E-state index in [0.29, 0.717) is 17.4 Å². The fourth-order valence-corrected chi connectivity index (χ4v) is 9.34. The third-order valence-electron chi connectivity index (χ3n) is 13.2. The molecule has 0 bridgehead atoms. The normalized spacial score (nSPS) is 14.3. The van der Waals surface area contributed by atoms with E-state index >= 15 is 0 Å². The van der Waals surface area contributed by atoms with Crippen LogP contribution in [-0.4, -0.2) is 68.5 Å². The minimum Gasteiger partial charge on any atom is -0.756 e. The van der Waals surface area contributed by atoms with Crippen LogP contribution in [0.2, 0.25) is 0 Å². The average Bonchev–Trinajstić information content (AvgIpc) is 3.32. The molecule has 0 aliphatic carbocycles. The van der Waals surface area contributed by atoms with Crippen LogP contribution in [0, 0.1) is 0 Å². The third kappa shape index (κ3) is 54.0. The van der Waals surface area contributed by atoms with E-state index in [1.165, 1.54) is 186 Å². The maximum absolute atomic E-state index is 12.9. The zero-order valence-corrected chi connectivity index (χ0v) is 47.6. The Morgan fingerprint density at radius 1 is 0.514 bits per heavy atom. The Labute approximate surface area is 434 Å². The summed E-state index contributed by atoms with van der Waals surface area (Å²) in [5.74, 6) is -0.195. The number of carbonyl (C=O) groups is 1. The van der Waals surface area contributed by atoms with E-state index in [4.69, 9.17) is 9.05 Å². The number of carbonyl (C=O) groups excluding carboxylic acids is 1. The predicted octanol–water partition coefficient (Wildman–Crippen LogP) is 17.5. The van der Waals surface area contributed by atoms with Crippen LogP contribution < -0.4 is 10.2 Å². The van der Waals surface area contributed by atoms with Crippen molar-refractivity contribution in [1.82, 2.24) is 5.32 Å². The monoisotopic (exact) mass is 1000 g/mol. The molecular formula is C61H115N2O6P. The molecule has 0 spiro atoms. The highest BCUT2D eigenvalue weighted by atomic mass is 31.2. The number of amides is 1. The summed E-state index contributed by atoms with van der Waals surface area (Å²) >= 11 is 0. The van der Waals surface area contributed by atoms with Gasteiger partial charge in [0.15, 0.2) is 0 Å². The van der Waals surface area contributed by atoms with Gasteiger partial charge >= 0.3 is 0 Å². The first-order valence-electron chi connectivity index (χ1n) is 29.7. The fraction of sp³-hybridized carbons (Fsp3) is 0.820. The minimum absolute atomic E-state index is 0.000301. The van der Waals surface area contributed by atoms with Crippen molar-refractivity contribution >= 4 is 13.7 Å². The Bertz CT molecular complexity index is 1320. The number of rotatable bonds is 54. The quantitative estimate of drug-likeness (QED) is 0.0272. The lowest BCUT2D eigenvalue weighted by Crippen LogP contribution is -2.45. The van der Waals surface area contributed by atoms with E-state index in [-0.39, 0.29) is 19.1 Å². The van der Waals surface area contributed by atoms with Crippen LogP contribution >= 0.6 is 7.82 Å². The van der Waals surface area contributed by atoms with E-state index in [1.807, 2.05) is 27.2 Å². The number of nitrogens with zero attached hydrogens (tertiary/aromatic N) is 1. The number of aliphatic hydroxyl groups excluding tert-OH is 1. The lowest BCUT2D eigenvalue weighted by atomic mass is 10.0. The van der Waals surface area contributed by atoms with Crippen molar-refractivity contribution in [3.05, 3.63) is 60.8 Å². The molecule has 0 rings (SSSR count). The smallest absolute Gasteiger partial charge is 0.268 e. The summed E-state index contributed by atoms with van der Waals surface area (Å²) in [7, 11) is 1.27. The number of nitrogens with one attached hydrogen (secondary N) is 1. The second kappa shape index (κ2) is 52.1. The van der Waals surface area contributed by atoms with Gasteiger partial charge in [-0.1, -0.05) is 267 Å². The van der Waals surface area contributed by atoms with Gasteiger partial charge in [-0.25, -0.2) is 0 Å². The van der Waals surface area contributed by atoms with Crippen molar-refractivity contribution in [3.63, 3.8) is 0 Å². The highest BCUT2D eigenvalue weighted by Gasteiger charge is 2.23. The lowest BCUT2D eigenvalue weighted by Gasteiger charge is -2.29. The van der Waals surface area contributed by atoms with Gasteiger partial charge in [0.2, 0.25) is 5.91 Å². The Hall–Kier alpha value is -1.80. The zero-order valence-electron chi connectivity index (χ0n) is 46.7. The van der Waals surface area contributed by atoms with E-state index in [0.717, 1.165) is 64.2 Å². The van der Waals surface area contributed by atoms with Crippen molar-refractivity contribution in [2.45, 2.75) is 283 Å². The van der Waals surface area contributed by atoms with Crippen LogP contribution in [0.1, 0.15) is 271 Å². The molecule has 0 radical (unpaired) electrons. The molecule has 0 aromatic carbocycles. The summed E-state index contributed by atoms with van der Waals surface area (Å²) < 4.78 is 23.3. The number of likely N-dealkylation sites (N-methyl/N-ethyl adjacent to an activating group) is 1. The Morgan fingerprint density at radius 2 is 0.871 bits per heavy atom. The van der Waals surface area contributed by atoms with Crippen LogP contribution in [0.4, 0.5) is 0 Å². The molecule has 1 amide bonds. The number of hydrogen-bond donors (Lipinski definition) is 2. The summed E-state index contributed by atoms with van der Waals surface area (Å²) in [6.07, 6.45) is 70.4. The van der Waals surface area contributed by atoms with Gasteiger partial charge in [0.25, 0.3) is 7.82 Å². The molecule has 410 valence electrons. The van der Waals surface area contributed by atoms with Crippen LogP contribution in [0.15, 0.2) is 60.8 Å². The molecule has 0 aromatic heterocycles. The second-order valence-electron chi connectivity index (χ2n) is 21.3. The first-order chi connectivity index (χ1) is 34.0. The highest BCUT2D eigenvalue weighted by molar-refractivity contribution is 7.45. The summed E-state index contributed by atoms with van der Waals surface area (Å²) in [4.78, 5) is 25.4. The SMILES string of the molecule is CC/C=C\C/C=C\C/C=C\C/C=C\CCCCCCCCCCCCCCCCCCCCCCCCCCC(=O)NC(COP(=O)([O-])OCC[N+](C)(C)C)C(O)/C=C/CCCCCCCCCCC. The molecule has 8 nitrogen and oxygen atoms in total. The lowest BCUT2D eigenvalue weighted by molar-refractivity contribution is -0.870. The first kappa shape index (κ1) is 68.2. The van der Waals surface area contributed by atoms with Gasteiger partial charge in [-0.15, -0.1) is 0 Å². The maximum Gasteiger partial charge on any atom is 0.268 e. The summed E-state index contributed by atoms with van der Waals surface area (Å²) in [6.45, 7) is 4.53. The molecular weight excluding hydrogens is 888 g/mol. The van der Waals surface area contributed by atoms with Crippen molar-refractivity contribution in [3.8, 4) is 0 Å². The largest absolute Gasteiger partial charge is 0.756 e. The topological polar surface area (TPSA) is 108 Å². The van der Waals surface area contributed by atoms with Crippen molar-refractivity contribution in [1.29, 1.82) is 0 Å². The van der Waals surface area contributed by atoms with Gasteiger partial charge in [-0.2, -0.15) is 0 Å². The molecule has 0 saturated carbocycles. The van der Waals surface area contributed by atoms with Gasteiger partial charge in [0.1, 0.15) is 13.2 Å². The summed E-state index contributed by atoms with van der Waals surface area (Å²) in [6, 6.07) is -0.884. The molecule has 0 aliphatic heterocycles. The van der Waals surface area contributed by atoms with Gasteiger partial charge < -0.3 is 28.8 Å². The van der Waals surface area contributed by atoms with Crippen molar-refractivity contribution in [2.75, 3.05) is 40.9 Å². The van der Waals surface area contributed by atoms with E-state index in [2.05, 4.69) is 67.8 Å². The zero-order chi connectivity index (χ0) is 51.3. The Kier molecular flexibility index (Phi) is 50.7. The summed E-state index contributed by atoms with van der Waals surface area (Å²) in [5, 5.41) is 13.8.